The molecular formula is C21H35Cl2N5O2. The Kier molecular flexibility index (Phi) is 10.3. The molecule has 30 heavy (non-hydrogen) atoms. The molecule has 1 fully saturated rings. The minimum atomic E-state index is 0. The Balaban J connectivity index is 0.00000225. The van der Waals surface area contributed by atoms with Gasteiger partial charge in [-0.15, -0.1) is 29.9 Å². The molecule has 1 amide bonds. The average molecular weight is 460 g/mol. The van der Waals surface area contributed by atoms with Crippen LogP contribution in [0.1, 0.15) is 43.0 Å². The van der Waals surface area contributed by atoms with Crippen molar-refractivity contribution >= 4 is 41.8 Å². The lowest BCUT2D eigenvalue weighted by molar-refractivity contribution is -0.132. The summed E-state index contributed by atoms with van der Waals surface area (Å²) in [4.78, 5) is 19.5. The van der Waals surface area contributed by atoms with Gasteiger partial charge in [-0.1, -0.05) is 6.92 Å². The molecule has 1 aliphatic heterocycles. The van der Waals surface area contributed by atoms with Crippen molar-refractivity contribution in [1.29, 1.82) is 0 Å². The van der Waals surface area contributed by atoms with Crippen LogP contribution in [-0.4, -0.2) is 58.9 Å². The third-order valence-corrected chi connectivity index (χ3v) is 5.96. The van der Waals surface area contributed by atoms with Crippen LogP contribution < -0.4 is 10.1 Å². The summed E-state index contributed by atoms with van der Waals surface area (Å²) in [6.45, 7) is 10.1. The summed E-state index contributed by atoms with van der Waals surface area (Å²) in [5, 5.41) is 8.77. The standard InChI is InChI=1S/C21H33N5O2.2ClH/c1-6-22-13-16-9-11-26(12-10-16)18(27)8-7-17-14(2)19-20(23-15(17)3)25(4)24-21(19)28-5;;/h16,22H,6-13H2,1-5H3;2*1H. The van der Waals surface area contributed by atoms with Gasteiger partial charge in [0.05, 0.1) is 12.5 Å². The number of likely N-dealkylation sites (tertiary alicyclic amines) is 1. The highest BCUT2D eigenvalue weighted by molar-refractivity contribution is 5.86. The minimum Gasteiger partial charge on any atom is -0.479 e. The molecule has 0 spiro atoms. The molecule has 1 saturated heterocycles. The summed E-state index contributed by atoms with van der Waals surface area (Å²) in [6, 6.07) is 0. The van der Waals surface area contributed by atoms with Crippen LogP contribution in [0, 0.1) is 19.8 Å². The summed E-state index contributed by atoms with van der Waals surface area (Å²) in [7, 11) is 3.50. The number of piperidine rings is 1. The van der Waals surface area contributed by atoms with Crippen LogP contribution in [0.5, 0.6) is 5.88 Å². The Morgan fingerprint density at radius 3 is 2.50 bits per heavy atom. The van der Waals surface area contributed by atoms with E-state index in [0.29, 0.717) is 24.6 Å². The molecule has 9 heteroatoms. The van der Waals surface area contributed by atoms with Gasteiger partial charge in [0.1, 0.15) is 0 Å². The van der Waals surface area contributed by atoms with Gasteiger partial charge in [0.2, 0.25) is 11.8 Å². The number of methoxy groups -OCH3 is 1. The maximum absolute atomic E-state index is 12.8. The fourth-order valence-electron chi connectivity index (χ4n) is 4.23. The van der Waals surface area contributed by atoms with E-state index in [-0.39, 0.29) is 30.7 Å². The maximum atomic E-state index is 12.8. The van der Waals surface area contributed by atoms with E-state index in [9.17, 15) is 4.79 Å². The molecular weight excluding hydrogens is 425 g/mol. The first-order valence-corrected chi connectivity index (χ1v) is 10.3. The number of aryl methyl sites for hydroxylation is 3. The molecule has 0 bridgehead atoms. The molecule has 0 radical (unpaired) electrons. The smallest absolute Gasteiger partial charge is 0.242 e. The van der Waals surface area contributed by atoms with Crippen LogP contribution in [0.25, 0.3) is 11.0 Å². The number of nitrogens with one attached hydrogen (secondary N) is 1. The van der Waals surface area contributed by atoms with E-state index in [1.807, 2.05) is 18.9 Å². The van der Waals surface area contributed by atoms with Crippen LogP contribution in [0.15, 0.2) is 0 Å². The Bertz CT molecular complexity index is 848. The Labute approximate surface area is 191 Å². The maximum Gasteiger partial charge on any atom is 0.242 e. The van der Waals surface area contributed by atoms with E-state index in [2.05, 4.69) is 24.3 Å². The quantitative estimate of drug-likeness (QED) is 0.687. The van der Waals surface area contributed by atoms with Crippen LogP contribution in [0.4, 0.5) is 0 Å². The van der Waals surface area contributed by atoms with Crippen molar-refractivity contribution in [2.24, 2.45) is 13.0 Å². The van der Waals surface area contributed by atoms with E-state index >= 15 is 0 Å². The lowest BCUT2D eigenvalue weighted by Gasteiger charge is -2.32. The summed E-state index contributed by atoms with van der Waals surface area (Å²) in [6.07, 6.45) is 3.42. The highest BCUT2D eigenvalue weighted by Gasteiger charge is 2.23. The average Bonchev–Trinajstić information content (AvgIpc) is 3.02. The molecule has 3 heterocycles. The summed E-state index contributed by atoms with van der Waals surface area (Å²) < 4.78 is 7.18. The molecule has 1 N–H and O–H groups in total. The van der Waals surface area contributed by atoms with Gasteiger partial charge >= 0.3 is 0 Å². The van der Waals surface area contributed by atoms with Crippen molar-refractivity contribution in [2.45, 2.75) is 46.5 Å². The van der Waals surface area contributed by atoms with Crippen molar-refractivity contribution in [3.63, 3.8) is 0 Å². The summed E-state index contributed by atoms with van der Waals surface area (Å²) >= 11 is 0. The molecule has 3 rings (SSSR count). The first-order chi connectivity index (χ1) is 13.5. The zero-order valence-corrected chi connectivity index (χ0v) is 20.3. The molecule has 0 aliphatic carbocycles. The topological polar surface area (TPSA) is 72.3 Å². The molecule has 0 aromatic carbocycles. The number of nitrogens with zero attached hydrogens (tertiary/aromatic N) is 4. The molecule has 0 unspecified atom stereocenters. The van der Waals surface area contributed by atoms with E-state index < -0.39 is 0 Å². The van der Waals surface area contributed by atoms with Crippen LogP contribution in [0.2, 0.25) is 0 Å². The van der Waals surface area contributed by atoms with E-state index in [1.165, 1.54) is 0 Å². The van der Waals surface area contributed by atoms with Gasteiger partial charge < -0.3 is 15.0 Å². The summed E-state index contributed by atoms with van der Waals surface area (Å²) in [5.41, 5.74) is 4.04. The molecule has 0 saturated carbocycles. The molecule has 170 valence electrons. The fraction of sp³-hybridized carbons (Fsp3) is 0.667. The first kappa shape index (κ1) is 26.5. The number of carbonyl (C=O) groups is 1. The van der Waals surface area contributed by atoms with Gasteiger partial charge in [-0.3, -0.25) is 4.79 Å². The van der Waals surface area contributed by atoms with Gasteiger partial charge in [0.15, 0.2) is 5.65 Å². The van der Waals surface area contributed by atoms with Gasteiger partial charge in [0.25, 0.3) is 0 Å². The number of ether oxygens (including phenoxy) is 1. The predicted molar refractivity (Wildman–Crippen MR) is 125 cm³/mol. The van der Waals surface area contributed by atoms with Gasteiger partial charge in [-0.05, 0) is 63.2 Å². The lowest BCUT2D eigenvalue weighted by Crippen LogP contribution is -2.40. The highest BCUT2D eigenvalue weighted by Crippen LogP contribution is 2.30. The van der Waals surface area contributed by atoms with E-state index in [1.54, 1.807) is 11.8 Å². The molecule has 7 nitrogen and oxygen atoms in total. The molecule has 1 aliphatic rings. The SMILES string of the molecule is CCNCC1CCN(C(=O)CCc2c(C)nc3c(c(OC)nn3C)c2C)CC1.Cl.Cl. The first-order valence-electron chi connectivity index (χ1n) is 10.3. The Morgan fingerprint density at radius 1 is 1.23 bits per heavy atom. The number of halogens is 2. The van der Waals surface area contributed by atoms with Crippen molar-refractivity contribution in [2.75, 3.05) is 33.3 Å². The number of carbonyl (C=O) groups excluding carboxylic acids is 1. The molecule has 2 aromatic rings. The Morgan fingerprint density at radius 2 is 1.90 bits per heavy atom. The van der Waals surface area contributed by atoms with Crippen molar-refractivity contribution < 1.29 is 9.53 Å². The fourth-order valence-corrected chi connectivity index (χ4v) is 4.23. The van der Waals surface area contributed by atoms with Gasteiger partial charge in [0, 0.05) is 32.3 Å². The number of hydrogen-bond donors (Lipinski definition) is 1. The zero-order valence-electron chi connectivity index (χ0n) is 18.7. The van der Waals surface area contributed by atoms with Crippen molar-refractivity contribution in [1.82, 2.24) is 25.0 Å². The second-order valence-electron chi connectivity index (χ2n) is 7.76. The van der Waals surface area contributed by atoms with Crippen LogP contribution in [-0.2, 0) is 18.3 Å². The third kappa shape index (κ3) is 5.56. The largest absolute Gasteiger partial charge is 0.479 e. The number of aromatic nitrogens is 3. The van der Waals surface area contributed by atoms with Gasteiger partial charge in [-0.2, -0.15) is 0 Å². The second kappa shape index (κ2) is 11.7. The second-order valence-corrected chi connectivity index (χ2v) is 7.76. The third-order valence-electron chi connectivity index (χ3n) is 5.96. The van der Waals surface area contributed by atoms with E-state index in [4.69, 9.17) is 9.72 Å². The van der Waals surface area contributed by atoms with Crippen LogP contribution in [0.3, 0.4) is 0 Å². The van der Waals surface area contributed by atoms with Gasteiger partial charge in [-0.25, -0.2) is 9.67 Å². The number of rotatable bonds is 7. The Hall–Kier alpha value is -1.57. The molecule has 2 aromatic heterocycles. The zero-order chi connectivity index (χ0) is 20.3. The number of fused-ring (bicyclic) bond motifs is 1. The number of pyridine rings is 1. The van der Waals surface area contributed by atoms with Crippen molar-refractivity contribution in [3.05, 3.63) is 16.8 Å². The highest BCUT2D eigenvalue weighted by atomic mass is 35.5. The van der Waals surface area contributed by atoms with Crippen LogP contribution >= 0.6 is 24.8 Å². The van der Waals surface area contributed by atoms with E-state index in [0.717, 1.165) is 66.9 Å². The predicted octanol–water partition coefficient (Wildman–Crippen LogP) is 3.22. The normalized spacial score (nSPS) is 14.4. The van der Waals surface area contributed by atoms with Crippen molar-refractivity contribution in [3.8, 4) is 5.88 Å². The summed E-state index contributed by atoms with van der Waals surface area (Å²) in [5.74, 6) is 1.54. The number of amides is 1. The monoisotopic (exact) mass is 459 g/mol. The minimum absolute atomic E-state index is 0. The molecule has 0 atom stereocenters. The lowest BCUT2D eigenvalue weighted by atomic mass is 9.95. The number of hydrogen-bond acceptors (Lipinski definition) is 5.